The summed E-state index contributed by atoms with van der Waals surface area (Å²) < 4.78 is 0. The van der Waals surface area contributed by atoms with Crippen molar-refractivity contribution in [1.29, 1.82) is 0 Å². The average molecular weight is 237 g/mol. The maximum Gasteiger partial charge on any atom is 0.0270 e. The van der Waals surface area contributed by atoms with E-state index in [1.807, 2.05) is 19.1 Å². The van der Waals surface area contributed by atoms with Crippen LogP contribution >= 0.6 is 0 Å². The lowest BCUT2D eigenvalue weighted by Gasteiger charge is -2.12. The maximum atomic E-state index is 3.85. The van der Waals surface area contributed by atoms with E-state index in [4.69, 9.17) is 0 Å². The van der Waals surface area contributed by atoms with Gasteiger partial charge in [0.05, 0.1) is 0 Å². The molecule has 1 nitrogen and oxygen atoms in total. The van der Waals surface area contributed by atoms with Crippen LogP contribution in [-0.2, 0) is 6.42 Å². The van der Waals surface area contributed by atoms with Crippen LogP contribution in [0, 0.1) is 13.8 Å². The normalized spacial score (nSPS) is 12.3. The number of nitrogens with zero attached hydrogens (tertiary/aromatic N) is 1. The predicted molar refractivity (Wildman–Crippen MR) is 77.5 cm³/mol. The van der Waals surface area contributed by atoms with Gasteiger partial charge in [0, 0.05) is 12.4 Å². The third-order valence-corrected chi connectivity index (χ3v) is 3.15. The molecule has 92 valence electrons. The van der Waals surface area contributed by atoms with Gasteiger partial charge in [-0.1, -0.05) is 30.4 Å². The third-order valence-electron chi connectivity index (χ3n) is 3.15. The van der Waals surface area contributed by atoms with E-state index >= 15 is 0 Å². The van der Waals surface area contributed by atoms with E-state index in [0.29, 0.717) is 0 Å². The lowest BCUT2D eigenvalue weighted by Crippen LogP contribution is -1.96. The van der Waals surface area contributed by atoms with Gasteiger partial charge >= 0.3 is 0 Å². The van der Waals surface area contributed by atoms with Crippen molar-refractivity contribution in [3.05, 3.63) is 71.1 Å². The first-order chi connectivity index (χ1) is 8.77. The van der Waals surface area contributed by atoms with E-state index in [-0.39, 0.29) is 0 Å². The summed E-state index contributed by atoms with van der Waals surface area (Å²) in [7, 11) is 0. The fraction of sp³-hybridized carbons (Fsp3) is 0.235. The van der Waals surface area contributed by atoms with E-state index < -0.39 is 0 Å². The monoisotopic (exact) mass is 237 g/mol. The van der Waals surface area contributed by atoms with Gasteiger partial charge in [0.15, 0.2) is 0 Å². The van der Waals surface area contributed by atoms with Crippen molar-refractivity contribution in [2.24, 2.45) is 0 Å². The Kier molecular flexibility index (Phi) is 4.30. The number of allylic oxidation sites excluding steroid dienone is 1. The summed E-state index contributed by atoms with van der Waals surface area (Å²) in [6, 6.07) is 10.5. The van der Waals surface area contributed by atoms with Crippen molar-refractivity contribution < 1.29 is 0 Å². The fourth-order valence-electron chi connectivity index (χ4n) is 2.09. The van der Waals surface area contributed by atoms with Crippen LogP contribution in [0.25, 0.3) is 6.08 Å². The Morgan fingerprint density at radius 1 is 1.00 bits per heavy atom. The largest absolute Gasteiger partial charge is 0.265 e. The molecule has 0 fully saturated rings. The van der Waals surface area contributed by atoms with E-state index in [1.165, 1.54) is 35.1 Å². The van der Waals surface area contributed by atoms with Gasteiger partial charge in [0.1, 0.15) is 0 Å². The molecular weight excluding hydrogens is 218 g/mol. The summed E-state index contributed by atoms with van der Waals surface area (Å²) >= 11 is 0. The molecule has 1 aliphatic rings. The third kappa shape index (κ3) is 3.30. The number of fused-ring (bicyclic) bond motifs is 1. The second-order valence-electron chi connectivity index (χ2n) is 4.61. The molecular formula is C17H19N. The smallest absolute Gasteiger partial charge is 0.0270 e. The number of rotatable bonds is 0. The first-order valence-corrected chi connectivity index (χ1v) is 6.39. The predicted octanol–water partition coefficient (Wildman–Crippen LogP) is 4.34. The fourth-order valence-corrected chi connectivity index (χ4v) is 2.09. The van der Waals surface area contributed by atoms with Gasteiger partial charge in [0.2, 0.25) is 0 Å². The van der Waals surface area contributed by atoms with Gasteiger partial charge < -0.3 is 0 Å². The topological polar surface area (TPSA) is 12.9 Å². The number of aromatic nitrogens is 1. The molecule has 1 heteroatoms. The molecule has 0 saturated carbocycles. The second-order valence-corrected chi connectivity index (χ2v) is 4.61. The highest BCUT2D eigenvalue weighted by Gasteiger charge is 2.04. The minimum Gasteiger partial charge on any atom is -0.265 e. The molecule has 2 aromatic rings. The molecule has 0 amide bonds. The second kappa shape index (κ2) is 6.15. The Morgan fingerprint density at radius 3 is 2.39 bits per heavy atom. The lowest BCUT2D eigenvalue weighted by atomic mass is 9.94. The zero-order valence-electron chi connectivity index (χ0n) is 11.1. The van der Waals surface area contributed by atoms with E-state index in [1.54, 1.807) is 12.4 Å². The van der Waals surface area contributed by atoms with Crippen LogP contribution < -0.4 is 0 Å². The number of pyridine rings is 1. The Hall–Kier alpha value is -1.89. The summed E-state index contributed by atoms with van der Waals surface area (Å²) in [5.74, 6) is 0. The van der Waals surface area contributed by atoms with Crippen molar-refractivity contribution in [2.45, 2.75) is 26.7 Å². The molecule has 0 bridgehead atoms. The summed E-state index contributed by atoms with van der Waals surface area (Å²) in [5, 5.41) is 0. The van der Waals surface area contributed by atoms with Crippen molar-refractivity contribution >= 4 is 6.08 Å². The average Bonchev–Trinajstić information content (AvgIpc) is 2.41. The van der Waals surface area contributed by atoms with Gasteiger partial charge in [-0.05, 0) is 61.1 Å². The summed E-state index contributed by atoms with van der Waals surface area (Å²) in [6.45, 7) is 4.24. The SMILES string of the molecule is Cc1cccc2c1CCC=C2.Cc1ccncc1. The van der Waals surface area contributed by atoms with Gasteiger partial charge in [-0.25, -0.2) is 0 Å². The molecule has 0 unspecified atom stereocenters. The molecule has 0 spiro atoms. The summed E-state index contributed by atoms with van der Waals surface area (Å²) in [5.41, 5.74) is 5.65. The molecule has 3 rings (SSSR count). The zero-order valence-corrected chi connectivity index (χ0v) is 11.1. The molecule has 0 N–H and O–H groups in total. The van der Waals surface area contributed by atoms with E-state index in [2.05, 4.69) is 42.3 Å². The number of aryl methyl sites for hydroxylation is 2. The maximum absolute atomic E-state index is 3.85. The van der Waals surface area contributed by atoms with Gasteiger partial charge in [0.25, 0.3) is 0 Å². The van der Waals surface area contributed by atoms with E-state index in [9.17, 15) is 0 Å². The Morgan fingerprint density at radius 2 is 1.78 bits per heavy atom. The first-order valence-electron chi connectivity index (χ1n) is 6.39. The molecule has 0 radical (unpaired) electrons. The van der Waals surface area contributed by atoms with Gasteiger partial charge in [-0.2, -0.15) is 0 Å². The Labute approximate surface area is 109 Å². The van der Waals surface area contributed by atoms with Crippen LogP contribution in [0.4, 0.5) is 0 Å². The van der Waals surface area contributed by atoms with Gasteiger partial charge in [-0.15, -0.1) is 0 Å². The Bertz CT molecular complexity index is 527. The van der Waals surface area contributed by atoms with Crippen molar-refractivity contribution in [1.82, 2.24) is 4.98 Å². The van der Waals surface area contributed by atoms with Crippen LogP contribution in [-0.4, -0.2) is 4.98 Å². The highest BCUT2D eigenvalue weighted by molar-refractivity contribution is 5.58. The molecule has 1 aromatic carbocycles. The van der Waals surface area contributed by atoms with Crippen LogP contribution in [0.5, 0.6) is 0 Å². The highest BCUT2D eigenvalue weighted by Crippen LogP contribution is 2.21. The van der Waals surface area contributed by atoms with Crippen molar-refractivity contribution in [3.8, 4) is 0 Å². The molecule has 18 heavy (non-hydrogen) atoms. The molecule has 1 aromatic heterocycles. The highest BCUT2D eigenvalue weighted by atomic mass is 14.6. The van der Waals surface area contributed by atoms with Crippen molar-refractivity contribution in [2.75, 3.05) is 0 Å². The summed E-state index contributed by atoms with van der Waals surface area (Å²) in [6.07, 6.45) is 10.5. The number of benzene rings is 1. The molecule has 1 aliphatic carbocycles. The first kappa shape index (κ1) is 12.6. The molecule has 0 saturated heterocycles. The lowest BCUT2D eigenvalue weighted by molar-refractivity contribution is 0.971. The van der Waals surface area contributed by atoms with Crippen LogP contribution in [0.15, 0.2) is 48.8 Å². The van der Waals surface area contributed by atoms with Crippen LogP contribution in [0.2, 0.25) is 0 Å². The quantitative estimate of drug-likeness (QED) is 0.664. The molecule has 1 heterocycles. The zero-order chi connectivity index (χ0) is 12.8. The van der Waals surface area contributed by atoms with Crippen molar-refractivity contribution in [3.63, 3.8) is 0 Å². The van der Waals surface area contributed by atoms with Crippen LogP contribution in [0.1, 0.15) is 28.7 Å². The Balaban J connectivity index is 0.000000149. The molecule has 0 atom stereocenters. The van der Waals surface area contributed by atoms with Gasteiger partial charge in [-0.3, -0.25) is 4.98 Å². The number of hydrogen-bond acceptors (Lipinski definition) is 1. The number of hydrogen-bond donors (Lipinski definition) is 0. The minimum absolute atomic E-state index is 1.21. The molecule has 0 aliphatic heterocycles. The van der Waals surface area contributed by atoms with E-state index in [0.717, 1.165) is 0 Å². The minimum atomic E-state index is 1.21. The summed E-state index contributed by atoms with van der Waals surface area (Å²) in [4.78, 5) is 3.85. The standard InChI is InChI=1S/C11H12.C6H7N/c1-9-5-4-7-10-6-2-3-8-11(9)10;1-6-2-4-7-5-3-6/h2,4-7H,3,8H2,1H3;2-5H,1H3. The van der Waals surface area contributed by atoms with Crippen LogP contribution in [0.3, 0.4) is 0 Å².